The maximum Gasteiger partial charge on any atom is 0.198 e. The number of carbonyl (C=O) groups is 2. The average molecular weight is 273 g/mol. The lowest BCUT2D eigenvalue weighted by Crippen LogP contribution is -2.24. The smallest absolute Gasteiger partial charge is 0.198 e. The van der Waals surface area contributed by atoms with Crippen LogP contribution in [0.15, 0.2) is 30.3 Å². The Balaban J connectivity index is 2.43. The fourth-order valence-electron chi connectivity index (χ4n) is 2.33. The van der Waals surface area contributed by atoms with Crippen molar-refractivity contribution < 1.29 is 9.59 Å². The molecule has 19 heavy (non-hydrogen) atoms. The summed E-state index contributed by atoms with van der Waals surface area (Å²) in [5.74, 6) is -0.683. The van der Waals surface area contributed by atoms with Crippen LogP contribution in [0.3, 0.4) is 0 Å². The molecule has 0 spiro atoms. The molecule has 2 aromatic rings. The molecule has 4 N–H and O–H groups in total. The van der Waals surface area contributed by atoms with Gasteiger partial charge in [0.05, 0.1) is 21.7 Å². The minimum absolute atomic E-state index is 0.144. The van der Waals surface area contributed by atoms with Crippen molar-refractivity contribution in [3.8, 4) is 0 Å². The van der Waals surface area contributed by atoms with Crippen LogP contribution in [0.4, 0.5) is 11.4 Å². The Morgan fingerprint density at radius 3 is 2.00 bits per heavy atom. The molecule has 0 heterocycles. The van der Waals surface area contributed by atoms with Crippen molar-refractivity contribution in [1.29, 1.82) is 0 Å². The number of ketones is 2. The number of nitrogen functional groups attached to an aromatic ring is 2. The first-order valence-corrected chi connectivity index (χ1v) is 5.96. The normalized spacial score (nSPS) is 13.1. The molecule has 1 aliphatic rings. The zero-order chi connectivity index (χ0) is 13.7. The van der Waals surface area contributed by atoms with E-state index in [4.69, 9.17) is 23.1 Å². The summed E-state index contributed by atoms with van der Waals surface area (Å²) in [5, 5.41) is 0.239. The van der Waals surface area contributed by atoms with Crippen molar-refractivity contribution >= 4 is 34.5 Å². The highest BCUT2D eigenvalue weighted by atomic mass is 35.5. The summed E-state index contributed by atoms with van der Waals surface area (Å²) in [6, 6.07) is 7.79. The Kier molecular flexibility index (Phi) is 2.37. The fourth-order valence-corrected chi connectivity index (χ4v) is 2.59. The molecule has 5 heteroatoms. The monoisotopic (exact) mass is 272 g/mol. The van der Waals surface area contributed by atoms with E-state index >= 15 is 0 Å². The molecule has 0 aliphatic heterocycles. The average Bonchev–Trinajstić information content (AvgIpc) is 2.38. The predicted molar refractivity (Wildman–Crippen MR) is 73.6 cm³/mol. The van der Waals surface area contributed by atoms with E-state index in [1.54, 1.807) is 18.2 Å². The van der Waals surface area contributed by atoms with Gasteiger partial charge in [0, 0.05) is 16.9 Å². The van der Waals surface area contributed by atoms with Gasteiger partial charge in [-0.3, -0.25) is 9.59 Å². The molecule has 0 bridgehead atoms. The van der Waals surface area contributed by atoms with Gasteiger partial charge in [0.25, 0.3) is 0 Å². The maximum absolute atomic E-state index is 12.5. The molecule has 94 valence electrons. The topological polar surface area (TPSA) is 86.2 Å². The lowest BCUT2D eigenvalue weighted by atomic mass is 9.82. The minimum Gasteiger partial charge on any atom is -0.398 e. The van der Waals surface area contributed by atoms with Crippen LogP contribution in [0.25, 0.3) is 0 Å². The van der Waals surface area contributed by atoms with Crippen molar-refractivity contribution in [2.45, 2.75) is 0 Å². The van der Waals surface area contributed by atoms with Gasteiger partial charge in [-0.15, -0.1) is 0 Å². The number of nitrogens with two attached hydrogens (primary N) is 2. The van der Waals surface area contributed by atoms with Gasteiger partial charge in [-0.05, 0) is 18.2 Å². The van der Waals surface area contributed by atoms with Gasteiger partial charge >= 0.3 is 0 Å². The SMILES string of the molecule is Nc1ccc(N)c2c1C(=O)c1cccc(Cl)c1C2=O. The zero-order valence-electron chi connectivity index (χ0n) is 9.74. The molecule has 3 rings (SSSR count). The quantitative estimate of drug-likeness (QED) is 0.615. The van der Waals surface area contributed by atoms with Crippen LogP contribution >= 0.6 is 11.6 Å². The van der Waals surface area contributed by atoms with E-state index in [-0.39, 0.29) is 50.2 Å². The number of benzene rings is 2. The van der Waals surface area contributed by atoms with Gasteiger partial charge in [-0.1, -0.05) is 23.7 Å². The highest BCUT2D eigenvalue weighted by molar-refractivity contribution is 6.40. The highest BCUT2D eigenvalue weighted by Gasteiger charge is 2.34. The van der Waals surface area contributed by atoms with E-state index in [1.807, 2.05) is 0 Å². The third kappa shape index (κ3) is 1.47. The van der Waals surface area contributed by atoms with Crippen LogP contribution in [0.2, 0.25) is 5.02 Å². The molecule has 0 aromatic heterocycles. The highest BCUT2D eigenvalue weighted by Crippen LogP contribution is 2.36. The zero-order valence-corrected chi connectivity index (χ0v) is 10.5. The first kappa shape index (κ1) is 11.7. The van der Waals surface area contributed by atoms with Crippen LogP contribution in [-0.2, 0) is 0 Å². The second-order valence-corrected chi connectivity index (χ2v) is 4.72. The molecule has 0 saturated carbocycles. The molecule has 0 fully saturated rings. The fraction of sp³-hybridized carbons (Fsp3) is 0. The number of carbonyl (C=O) groups excluding carboxylic acids is 2. The van der Waals surface area contributed by atoms with Crippen molar-refractivity contribution in [1.82, 2.24) is 0 Å². The number of fused-ring (bicyclic) bond motifs is 2. The summed E-state index contributed by atoms with van der Waals surface area (Å²) in [7, 11) is 0. The van der Waals surface area contributed by atoms with Crippen LogP contribution in [-0.4, -0.2) is 11.6 Å². The number of halogens is 1. The van der Waals surface area contributed by atoms with E-state index in [0.29, 0.717) is 0 Å². The van der Waals surface area contributed by atoms with Gasteiger partial charge < -0.3 is 11.5 Å². The number of hydrogen-bond acceptors (Lipinski definition) is 4. The molecule has 2 aromatic carbocycles. The number of rotatable bonds is 0. The van der Waals surface area contributed by atoms with Crippen molar-refractivity contribution in [3.05, 3.63) is 57.6 Å². The molecule has 0 radical (unpaired) electrons. The lowest BCUT2D eigenvalue weighted by molar-refractivity contribution is 0.0980. The van der Waals surface area contributed by atoms with E-state index in [2.05, 4.69) is 0 Å². The van der Waals surface area contributed by atoms with E-state index in [9.17, 15) is 9.59 Å². The third-order valence-corrected chi connectivity index (χ3v) is 3.52. The summed E-state index contributed by atoms with van der Waals surface area (Å²) >= 11 is 6.02. The molecular weight excluding hydrogens is 264 g/mol. The summed E-state index contributed by atoms with van der Waals surface area (Å²) in [6.07, 6.45) is 0. The summed E-state index contributed by atoms with van der Waals surface area (Å²) in [4.78, 5) is 24.9. The molecule has 4 nitrogen and oxygen atoms in total. The second-order valence-electron chi connectivity index (χ2n) is 4.31. The van der Waals surface area contributed by atoms with Gasteiger partial charge in [0.15, 0.2) is 11.6 Å². The van der Waals surface area contributed by atoms with Gasteiger partial charge in [0.1, 0.15) is 0 Å². The Hall–Kier alpha value is -2.33. The standard InChI is InChI=1S/C14H9ClN2O2/c15-7-3-1-2-6-10(7)14(19)12-9(17)5-4-8(16)11(12)13(6)18/h1-5H,16-17H2. The van der Waals surface area contributed by atoms with E-state index in [1.165, 1.54) is 12.1 Å². The summed E-state index contributed by atoms with van der Waals surface area (Å²) in [6.45, 7) is 0. The van der Waals surface area contributed by atoms with Crippen LogP contribution in [0.1, 0.15) is 31.8 Å². The molecule has 0 amide bonds. The summed E-state index contributed by atoms with van der Waals surface area (Å²) in [5.41, 5.74) is 12.8. The number of hydrogen-bond donors (Lipinski definition) is 2. The Morgan fingerprint density at radius 1 is 0.789 bits per heavy atom. The number of anilines is 2. The summed E-state index contributed by atoms with van der Waals surface area (Å²) < 4.78 is 0. The van der Waals surface area contributed by atoms with Gasteiger partial charge in [-0.2, -0.15) is 0 Å². The molecule has 1 aliphatic carbocycles. The van der Waals surface area contributed by atoms with E-state index < -0.39 is 0 Å². The van der Waals surface area contributed by atoms with Gasteiger partial charge in [0.2, 0.25) is 0 Å². The minimum atomic E-state index is -0.361. The lowest BCUT2D eigenvalue weighted by Gasteiger charge is -2.20. The molecule has 0 atom stereocenters. The molecule has 0 unspecified atom stereocenters. The van der Waals surface area contributed by atoms with E-state index in [0.717, 1.165) is 0 Å². The van der Waals surface area contributed by atoms with Crippen molar-refractivity contribution in [3.63, 3.8) is 0 Å². The maximum atomic E-state index is 12.5. The van der Waals surface area contributed by atoms with Crippen molar-refractivity contribution in [2.75, 3.05) is 11.5 Å². The predicted octanol–water partition coefficient (Wildman–Crippen LogP) is 2.28. The van der Waals surface area contributed by atoms with Crippen LogP contribution in [0, 0.1) is 0 Å². The van der Waals surface area contributed by atoms with Crippen molar-refractivity contribution in [2.24, 2.45) is 0 Å². The molecular formula is C14H9ClN2O2. The Bertz CT molecular complexity index is 753. The second kappa shape index (κ2) is 3.83. The van der Waals surface area contributed by atoms with Crippen LogP contribution in [0.5, 0.6) is 0 Å². The van der Waals surface area contributed by atoms with Crippen LogP contribution < -0.4 is 11.5 Å². The first-order chi connectivity index (χ1) is 9.02. The Morgan fingerprint density at radius 2 is 1.37 bits per heavy atom. The van der Waals surface area contributed by atoms with Gasteiger partial charge in [-0.25, -0.2) is 0 Å². The largest absolute Gasteiger partial charge is 0.398 e. The Labute approximate surface area is 114 Å². The molecule has 0 saturated heterocycles. The first-order valence-electron chi connectivity index (χ1n) is 5.58. The third-order valence-electron chi connectivity index (χ3n) is 3.21.